The Kier molecular flexibility index (Phi) is 4.91. The highest BCUT2D eigenvalue weighted by atomic mass is 32.2. The molecule has 3 heterocycles. The lowest BCUT2D eigenvalue weighted by molar-refractivity contribution is -0.135. The van der Waals surface area contributed by atoms with E-state index in [1.54, 1.807) is 6.08 Å². The number of hydrogen-bond donors (Lipinski definition) is 1. The largest absolute Gasteiger partial charge is 0.378 e. The molecular formula is C20H20N4O3S. The lowest BCUT2D eigenvalue weighted by Gasteiger charge is -2.29. The molecule has 0 atom stereocenters. The number of imide groups is 1. The Bertz CT molecular complexity index is 1030. The second-order valence-corrected chi connectivity index (χ2v) is 7.80. The SMILES string of the molecule is CC(=O)N1C(=N)SC(=Cc2cc3cc(C)ccc3nc2N2CCOCC2)C1=O. The van der Waals surface area contributed by atoms with Gasteiger partial charge in [0.2, 0.25) is 5.91 Å². The molecule has 0 spiro atoms. The van der Waals surface area contributed by atoms with Crippen LogP contribution in [0, 0.1) is 12.3 Å². The summed E-state index contributed by atoms with van der Waals surface area (Å²) in [5, 5.41) is 8.85. The average molecular weight is 396 g/mol. The van der Waals surface area contributed by atoms with Crippen molar-refractivity contribution in [1.29, 1.82) is 5.41 Å². The normalized spacial score (nSPS) is 19.1. The standard InChI is InChI=1S/C20H20N4O3S/c1-12-3-4-16-14(9-12)10-15(18(22-16)23-5-7-27-8-6-23)11-17-19(26)24(13(2)25)20(21)28-17/h3-4,9-11,21H,5-8H2,1-2H3. The molecule has 2 aliphatic rings. The van der Waals surface area contributed by atoms with Gasteiger partial charge in [0.25, 0.3) is 5.91 Å². The minimum absolute atomic E-state index is 0.0683. The lowest BCUT2D eigenvalue weighted by Crippen LogP contribution is -2.37. The molecule has 1 aromatic heterocycles. The van der Waals surface area contributed by atoms with Crippen molar-refractivity contribution < 1.29 is 14.3 Å². The first-order valence-corrected chi connectivity index (χ1v) is 9.83. The molecule has 2 fully saturated rings. The van der Waals surface area contributed by atoms with Crippen LogP contribution in [-0.4, -0.2) is 53.2 Å². The van der Waals surface area contributed by atoms with Crippen molar-refractivity contribution in [3.63, 3.8) is 0 Å². The third-order valence-corrected chi connectivity index (χ3v) is 5.60. The maximum absolute atomic E-state index is 12.6. The Balaban J connectivity index is 1.83. The molecule has 2 saturated heterocycles. The number of ether oxygens (including phenoxy) is 1. The summed E-state index contributed by atoms with van der Waals surface area (Å²) < 4.78 is 5.45. The fourth-order valence-electron chi connectivity index (χ4n) is 3.35. The number of aryl methyl sites for hydroxylation is 1. The predicted octanol–water partition coefficient (Wildman–Crippen LogP) is 2.78. The number of carbonyl (C=O) groups excluding carboxylic acids is 2. The van der Waals surface area contributed by atoms with Gasteiger partial charge in [-0.15, -0.1) is 0 Å². The zero-order chi connectivity index (χ0) is 19.8. The van der Waals surface area contributed by atoms with Crippen molar-refractivity contribution in [3.8, 4) is 0 Å². The van der Waals surface area contributed by atoms with Crippen LogP contribution in [-0.2, 0) is 14.3 Å². The van der Waals surface area contributed by atoms with Gasteiger partial charge in [0.1, 0.15) is 5.82 Å². The summed E-state index contributed by atoms with van der Waals surface area (Å²) in [6, 6.07) is 8.09. The number of anilines is 1. The molecule has 0 unspecified atom stereocenters. The van der Waals surface area contributed by atoms with E-state index in [-0.39, 0.29) is 5.17 Å². The van der Waals surface area contributed by atoms with Crippen molar-refractivity contribution in [3.05, 3.63) is 40.3 Å². The molecule has 144 valence electrons. The molecule has 7 nitrogen and oxygen atoms in total. The number of morpholine rings is 1. The van der Waals surface area contributed by atoms with Crippen LogP contribution in [0.1, 0.15) is 18.1 Å². The van der Waals surface area contributed by atoms with Crippen molar-refractivity contribution in [1.82, 2.24) is 9.88 Å². The van der Waals surface area contributed by atoms with E-state index in [0.717, 1.165) is 57.6 Å². The number of nitrogens with one attached hydrogen (secondary N) is 1. The van der Waals surface area contributed by atoms with Crippen LogP contribution in [0.25, 0.3) is 17.0 Å². The number of carbonyl (C=O) groups is 2. The molecular weight excluding hydrogens is 376 g/mol. The number of aromatic nitrogens is 1. The van der Waals surface area contributed by atoms with Gasteiger partial charge in [-0.3, -0.25) is 15.0 Å². The van der Waals surface area contributed by atoms with E-state index in [4.69, 9.17) is 15.1 Å². The molecule has 8 heteroatoms. The molecule has 0 radical (unpaired) electrons. The van der Waals surface area contributed by atoms with E-state index in [9.17, 15) is 9.59 Å². The summed E-state index contributed by atoms with van der Waals surface area (Å²) in [4.78, 5) is 32.5. The number of nitrogens with zero attached hydrogens (tertiary/aromatic N) is 3. The summed E-state index contributed by atoms with van der Waals surface area (Å²) in [6.07, 6.45) is 1.74. The van der Waals surface area contributed by atoms with Crippen LogP contribution < -0.4 is 4.90 Å². The number of pyridine rings is 1. The van der Waals surface area contributed by atoms with Gasteiger partial charge < -0.3 is 9.64 Å². The number of benzene rings is 1. The topological polar surface area (TPSA) is 86.6 Å². The van der Waals surface area contributed by atoms with E-state index in [1.165, 1.54) is 6.92 Å². The average Bonchev–Trinajstić information content (AvgIpc) is 2.95. The van der Waals surface area contributed by atoms with Gasteiger partial charge in [-0.05, 0) is 43.0 Å². The monoisotopic (exact) mass is 396 g/mol. The summed E-state index contributed by atoms with van der Waals surface area (Å²) in [6.45, 7) is 6.00. The zero-order valence-electron chi connectivity index (χ0n) is 15.7. The Morgan fingerprint density at radius 2 is 2.04 bits per heavy atom. The number of amidine groups is 1. The molecule has 0 aliphatic carbocycles. The molecule has 1 aromatic carbocycles. The van der Waals surface area contributed by atoms with Gasteiger partial charge in [-0.1, -0.05) is 11.6 Å². The minimum atomic E-state index is -0.459. The quantitative estimate of drug-likeness (QED) is 0.786. The third kappa shape index (κ3) is 3.41. The van der Waals surface area contributed by atoms with Crippen molar-refractivity contribution in [2.75, 3.05) is 31.2 Å². The maximum Gasteiger partial charge on any atom is 0.273 e. The van der Waals surface area contributed by atoms with E-state index < -0.39 is 11.8 Å². The first-order valence-electron chi connectivity index (χ1n) is 9.01. The van der Waals surface area contributed by atoms with E-state index >= 15 is 0 Å². The van der Waals surface area contributed by atoms with Crippen LogP contribution in [0.3, 0.4) is 0 Å². The number of hydrogen-bond acceptors (Lipinski definition) is 7. The lowest BCUT2D eigenvalue weighted by atomic mass is 10.1. The fraction of sp³-hybridized carbons (Fsp3) is 0.300. The Morgan fingerprint density at radius 1 is 1.29 bits per heavy atom. The third-order valence-electron chi connectivity index (χ3n) is 4.71. The number of rotatable bonds is 2. The van der Waals surface area contributed by atoms with Crippen LogP contribution in [0.4, 0.5) is 5.82 Å². The molecule has 28 heavy (non-hydrogen) atoms. The molecule has 2 aliphatic heterocycles. The smallest absolute Gasteiger partial charge is 0.273 e. The van der Waals surface area contributed by atoms with Crippen LogP contribution in [0.15, 0.2) is 29.2 Å². The highest BCUT2D eigenvalue weighted by molar-refractivity contribution is 8.18. The second kappa shape index (κ2) is 7.37. The van der Waals surface area contributed by atoms with E-state index in [0.29, 0.717) is 18.1 Å². The Hall–Kier alpha value is -2.71. The molecule has 2 amide bonds. The second-order valence-electron chi connectivity index (χ2n) is 6.77. The van der Waals surface area contributed by atoms with Gasteiger partial charge in [0, 0.05) is 31.0 Å². The Labute approximate surface area is 166 Å². The van der Waals surface area contributed by atoms with E-state index in [2.05, 4.69) is 11.0 Å². The van der Waals surface area contributed by atoms with Gasteiger partial charge in [-0.25, -0.2) is 9.88 Å². The number of fused-ring (bicyclic) bond motifs is 1. The van der Waals surface area contributed by atoms with Crippen LogP contribution >= 0.6 is 11.8 Å². The Morgan fingerprint density at radius 3 is 2.71 bits per heavy atom. The predicted molar refractivity (Wildman–Crippen MR) is 110 cm³/mol. The van der Waals surface area contributed by atoms with Crippen molar-refractivity contribution >= 4 is 51.5 Å². The van der Waals surface area contributed by atoms with Crippen molar-refractivity contribution in [2.45, 2.75) is 13.8 Å². The summed E-state index contributed by atoms with van der Waals surface area (Å²) >= 11 is 0.998. The molecule has 0 saturated carbocycles. The molecule has 4 rings (SSSR count). The number of thioether (sulfide) groups is 1. The zero-order valence-corrected chi connectivity index (χ0v) is 16.5. The van der Waals surface area contributed by atoms with Crippen molar-refractivity contribution in [2.24, 2.45) is 0 Å². The summed E-state index contributed by atoms with van der Waals surface area (Å²) in [5.74, 6) is -0.125. The first kappa shape index (κ1) is 18.6. The van der Waals surface area contributed by atoms with Crippen LogP contribution in [0.5, 0.6) is 0 Å². The van der Waals surface area contributed by atoms with Gasteiger partial charge in [0.05, 0.1) is 23.6 Å². The highest BCUT2D eigenvalue weighted by Gasteiger charge is 2.35. The summed E-state index contributed by atoms with van der Waals surface area (Å²) in [7, 11) is 0. The first-order chi connectivity index (χ1) is 13.4. The summed E-state index contributed by atoms with van der Waals surface area (Å²) in [5.41, 5.74) is 2.81. The fourth-order valence-corrected chi connectivity index (χ4v) is 4.23. The highest BCUT2D eigenvalue weighted by Crippen LogP contribution is 2.34. The maximum atomic E-state index is 12.6. The van der Waals surface area contributed by atoms with Gasteiger partial charge in [0.15, 0.2) is 5.17 Å². The molecule has 1 N–H and O–H groups in total. The van der Waals surface area contributed by atoms with E-state index in [1.807, 2.05) is 25.1 Å². The van der Waals surface area contributed by atoms with Crippen LogP contribution in [0.2, 0.25) is 0 Å². The molecule has 0 bridgehead atoms. The van der Waals surface area contributed by atoms with Gasteiger partial charge >= 0.3 is 0 Å². The van der Waals surface area contributed by atoms with Gasteiger partial charge in [-0.2, -0.15) is 0 Å². The molecule has 2 aromatic rings. The minimum Gasteiger partial charge on any atom is -0.378 e. The number of amides is 2.